The van der Waals surface area contributed by atoms with Crippen molar-refractivity contribution in [3.05, 3.63) is 52.6 Å². The molecule has 1 aliphatic rings. The van der Waals surface area contributed by atoms with Crippen molar-refractivity contribution >= 4 is 9.84 Å². The number of sulfone groups is 1. The minimum atomic E-state index is -3.47. The van der Waals surface area contributed by atoms with Crippen LogP contribution in [-0.4, -0.2) is 24.6 Å². The van der Waals surface area contributed by atoms with Crippen molar-refractivity contribution in [3.8, 4) is 0 Å². The molecule has 108 valence electrons. The Balaban J connectivity index is 2.16. The van der Waals surface area contributed by atoms with Gasteiger partial charge >= 0.3 is 0 Å². The SMILES string of the molecule is O=[N+]([O-])C1(CCS(=O)(=O)c2ccccc2)C=CCCC1. The Bertz CT molecular complexity index is 609. The maximum atomic E-state index is 12.2. The Morgan fingerprint density at radius 1 is 1.25 bits per heavy atom. The van der Waals surface area contributed by atoms with Crippen molar-refractivity contribution in [1.82, 2.24) is 0 Å². The van der Waals surface area contributed by atoms with Gasteiger partial charge in [-0.2, -0.15) is 0 Å². The summed E-state index contributed by atoms with van der Waals surface area (Å²) in [5, 5.41) is 11.3. The van der Waals surface area contributed by atoms with E-state index in [0.717, 1.165) is 12.8 Å². The average Bonchev–Trinajstić information content (AvgIpc) is 2.47. The van der Waals surface area contributed by atoms with Crippen LogP contribution in [0.3, 0.4) is 0 Å². The highest BCUT2D eigenvalue weighted by atomic mass is 32.2. The van der Waals surface area contributed by atoms with Gasteiger partial charge < -0.3 is 0 Å². The molecule has 0 N–H and O–H groups in total. The molecule has 20 heavy (non-hydrogen) atoms. The fourth-order valence-electron chi connectivity index (χ4n) is 2.42. The van der Waals surface area contributed by atoms with Crippen LogP contribution >= 0.6 is 0 Å². The quantitative estimate of drug-likeness (QED) is 0.475. The number of nitrogens with zero attached hydrogens (tertiary/aromatic N) is 1. The highest BCUT2D eigenvalue weighted by Crippen LogP contribution is 2.30. The van der Waals surface area contributed by atoms with E-state index in [-0.39, 0.29) is 22.0 Å². The molecule has 1 unspecified atom stereocenters. The minimum Gasteiger partial charge on any atom is -0.264 e. The molecule has 0 radical (unpaired) electrons. The fourth-order valence-corrected chi connectivity index (χ4v) is 3.85. The zero-order valence-electron chi connectivity index (χ0n) is 11.1. The molecule has 1 atom stereocenters. The van der Waals surface area contributed by atoms with E-state index in [0.29, 0.717) is 6.42 Å². The predicted molar refractivity (Wildman–Crippen MR) is 75.8 cm³/mol. The van der Waals surface area contributed by atoms with Crippen molar-refractivity contribution in [2.75, 3.05) is 5.75 Å². The van der Waals surface area contributed by atoms with Gasteiger partial charge in [0.25, 0.3) is 0 Å². The molecular weight excluding hydrogens is 278 g/mol. The first-order chi connectivity index (χ1) is 9.46. The van der Waals surface area contributed by atoms with Gasteiger partial charge in [0.1, 0.15) is 0 Å². The van der Waals surface area contributed by atoms with Crippen LogP contribution in [0.4, 0.5) is 0 Å². The lowest BCUT2D eigenvalue weighted by atomic mass is 9.86. The summed E-state index contributed by atoms with van der Waals surface area (Å²) in [5.74, 6) is -0.206. The molecule has 0 fully saturated rings. The summed E-state index contributed by atoms with van der Waals surface area (Å²) < 4.78 is 24.4. The van der Waals surface area contributed by atoms with E-state index in [2.05, 4.69) is 0 Å². The molecule has 1 aliphatic carbocycles. The number of benzene rings is 1. The maximum absolute atomic E-state index is 12.2. The van der Waals surface area contributed by atoms with Crippen LogP contribution in [0.5, 0.6) is 0 Å². The number of hydrogen-bond acceptors (Lipinski definition) is 4. The zero-order chi connectivity index (χ0) is 14.6. The first kappa shape index (κ1) is 14.7. The molecule has 0 bridgehead atoms. The van der Waals surface area contributed by atoms with Gasteiger partial charge in [0.2, 0.25) is 5.54 Å². The summed E-state index contributed by atoms with van der Waals surface area (Å²) in [6.45, 7) is 0. The normalized spacial score (nSPS) is 22.6. The van der Waals surface area contributed by atoms with Gasteiger partial charge in [0, 0.05) is 17.8 Å². The summed E-state index contributed by atoms with van der Waals surface area (Å²) in [5.41, 5.74) is -1.22. The van der Waals surface area contributed by atoms with E-state index in [1.165, 1.54) is 12.1 Å². The lowest BCUT2D eigenvalue weighted by molar-refractivity contribution is -0.557. The third-order valence-electron chi connectivity index (χ3n) is 3.68. The van der Waals surface area contributed by atoms with Crippen molar-refractivity contribution in [2.45, 2.75) is 36.1 Å². The molecular formula is C14H17NO4S. The summed E-state index contributed by atoms with van der Waals surface area (Å²) in [6, 6.07) is 8.07. The number of rotatable bonds is 5. The standard InChI is InChI=1S/C14H17NO4S/c16-15(17)14(9-5-2-6-10-14)11-12-20(18,19)13-7-3-1-4-8-13/h1,3-5,7-9H,2,6,10-12H2. The Labute approximate surface area is 118 Å². The van der Waals surface area contributed by atoms with Crippen LogP contribution in [0.25, 0.3) is 0 Å². The predicted octanol–water partition coefficient (Wildman–Crippen LogP) is 2.61. The summed E-state index contributed by atoms with van der Waals surface area (Å²) in [6.07, 6.45) is 5.32. The summed E-state index contributed by atoms with van der Waals surface area (Å²) in [4.78, 5) is 11.2. The van der Waals surface area contributed by atoms with Crippen LogP contribution in [0.1, 0.15) is 25.7 Å². The topological polar surface area (TPSA) is 77.3 Å². The summed E-state index contributed by atoms with van der Waals surface area (Å²) >= 11 is 0. The van der Waals surface area contributed by atoms with Gasteiger partial charge in [-0.15, -0.1) is 0 Å². The zero-order valence-corrected chi connectivity index (χ0v) is 11.9. The minimum absolute atomic E-state index is 0.0216. The Hall–Kier alpha value is -1.69. The lowest BCUT2D eigenvalue weighted by Gasteiger charge is -2.24. The van der Waals surface area contributed by atoms with Crippen LogP contribution in [0.15, 0.2) is 47.4 Å². The lowest BCUT2D eigenvalue weighted by Crippen LogP contribution is -2.39. The third-order valence-corrected chi connectivity index (χ3v) is 5.41. The third kappa shape index (κ3) is 3.07. The molecule has 0 heterocycles. The average molecular weight is 295 g/mol. The smallest absolute Gasteiger partial charge is 0.241 e. The van der Waals surface area contributed by atoms with Crippen LogP contribution in [0.2, 0.25) is 0 Å². The first-order valence-corrected chi connectivity index (χ1v) is 8.22. The van der Waals surface area contributed by atoms with E-state index >= 15 is 0 Å². The highest BCUT2D eigenvalue weighted by Gasteiger charge is 2.41. The first-order valence-electron chi connectivity index (χ1n) is 6.56. The van der Waals surface area contributed by atoms with E-state index in [1.54, 1.807) is 30.4 Å². The molecule has 2 rings (SSSR count). The van der Waals surface area contributed by atoms with Crippen molar-refractivity contribution in [2.24, 2.45) is 0 Å². The van der Waals surface area contributed by atoms with Crippen molar-refractivity contribution < 1.29 is 13.3 Å². The Kier molecular flexibility index (Phi) is 4.23. The number of hydrogen-bond donors (Lipinski definition) is 0. The molecule has 1 aromatic rings. The second-order valence-corrected chi connectivity index (χ2v) is 7.15. The molecule has 0 saturated heterocycles. The van der Waals surface area contributed by atoms with Crippen LogP contribution in [-0.2, 0) is 9.84 Å². The second-order valence-electron chi connectivity index (χ2n) is 5.04. The van der Waals surface area contributed by atoms with Crippen LogP contribution in [0, 0.1) is 10.1 Å². The fraction of sp³-hybridized carbons (Fsp3) is 0.429. The monoisotopic (exact) mass is 295 g/mol. The molecule has 5 nitrogen and oxygen atoms in total. The Morgan fingerprint density at radius 2 is 1.95 bits per heavy atom. The molecule has 6 heteroatoms. The van der Waals surface area contributed by atoms with Gasteiger partial charge in [-0.25, -0.2) is 8.42 Å². The molecule has 0 amide bonds. The van der Waals surface area contributed by atoms with Crippen molar-refractivity contribution in [1.29, 1.82) is 0 Å². The van der Waals surface area contributed by atoms with Gasteiger partial charge in [-0.1, -0.05) is 24.3 Å². The largest absolute Gasteiger partial charge is 0.264 e. The molecule has 1 aromatic carbocycles. The maximum Gasteiger partial charge on any atom is 0.241 e. The van der Waals surface area contributed by atoms with E-state index in [1.807, 2.05) is 0 Å². The van der Waals surface area contributed by atoms with E-state index < -0.39 is 15.4 Å². The molecule has 0 aromatic heterocycles. The second kappa shape index (κ2) is 5.75. The number of nitro groups is 1. The van der Waals surface area contributed by atoms with Crippen molar-refractivity contribution in [3.63, 3.8) is 0 Å². The molecule has 0 aliphatic heterocycles. The van der Waals surface area contributed by atoms with E-state index in [9.17, 15) is 18.5 Å². The van der Waals surface area contributed by atoms with Gasteiger partial charge in [0.15, 0.2) is 9.84 Å². The van der Waals surface area contributed by atoms with Gasteiger partial charge in [-0.3, -0.25) is 10.1 Å². The van der Waals surface area contributed by atoms with Gasteiger partial charge in [-0.05, 0) is 31.1 Å². The highest BCUT2D eigenvalue weighted by molar-refractivity contribution is 7.91. The summed E-state index contributed by atoms with van der Waals surface area (Å²) in [7, 11) is -3.47. The number of allylic oxidation sites excluding steroid dienone is 1. The van der Waals surface area contributed by atoms with Gasteiger partial charge in [0.05, 0.1) is 10.6 Å². The molecule has 0 saturated carbocycles. The van der Waals surface area contributed by atoms with E-state index in [4.69, 9.17) is 0 Å². The molecule has 0 spiro atoms. The Morgan fingerprint density at radius 3 is 2.50 bits per heavy atom. The van der Waals surface area contributed by atoms with Crippen LogP contribution < -0.4 is 0 Å².